The van der Waals surface area contributed by atoms with Crippen LogP contribution < -0.4 is 10.1 Å². The third-order valence-corrected chi connectivity index (χ3v) is 2.90. The molecule has 5 nitrogen and oxygen atoms in total. The lowest BCUT2D eigenvalue weighted by atomic mass is 10.1. The van der Waals surface area contributed by atoms with Crippen molar-refractivity contribution < 1.29 is 14.3 Å². The Bertz CT molecular complexity index is 626. The summed E-state index contributed by atoms with van der Waals surface area (Å²) in [6.45, 7) is 4.65. The second kappa shape index (κ2) is 6.23. The molecule has 0 spiro atoms. The molecule has 0 aliphatic rings. The number of aromatic nitrogens is 1. The zero-order chi connectivity index (χ0) is 14.5. The molecular weight excluding hydrogens is 256 g/mol. The first-order valence-electron chi connectivity index (χ1n) is 6.61. The van der Waals surface area contributed by atoms with Gasteiger partial charge in [-0.05, 0) is 26.0 Å². The molecule has 0 saturated heterocycles. The zero-order valence-corrected chi connectivity index (χ0v) is 11.9. The summed E-state index contributed by atoms with van der Waals surface area (Å²) in [4.78, 5) is 16.2. The van der Waals surface area contributed by atoms with E-state index in [1.807, 2.05) is 25.1 Å². The Hall–Kier alpha value is -2.30. The Morgan fingerprint density at radius 1 is 1.30 bits per heavy atom. The maximum Gasteiger partial charge on any atom is 0.341 e. The largest absolute Gasteiger partial charge is 0.494 e. The van der Waals surface area contributed by atoms with Gasteiger partial charge in [0.2, 0.25) is 0 Å². The first kappa shape index (κ1) is 14.1. The predicted molar refractivity (Wildman–Crippen MR) is 78.4 cm³/mol. The molecule has 5 heteroatoms. The fourth-order valence-electron chi connectivity index (χ4n) is 2.06. The number of esters is 1. The van der Waals surface area contributed by atoms with Crippen molar-refractivity contribution >= 4 is 22.6 Å². The van der Waals surface area contributed by atoms with Gasteiger partial charge in [0.1, 0.15) is 11.3 Å². The summed E-state index contributed by atoms with van der Waals surface area (Å²) in [5.41, 5.74) is 1.93. The van der Waals surface area contributed by atoms with Gasteiger partial charge in [-0.15, -0.1) is 0 Å². The maximum absolute atomic E-state index is 11.9. The van der Waals surface area contributed by atoms with E-state index < -0.39 is 0 Å². The molecule has 1 N–H and O–H groups in total. The number of carbonyl (C=O) groups is 1. The van der Waals surface area contributed by atoms with E-state index in [4.69, 9.17) is 9.47 Å². The molecule has 2 aromatic rings. The summed E-state index contributed by atoms with van der Waals surface area (Å²) >= 11 is 0. The summed E-state index contributed by atoms with van der Waals surface area (Å²) in [5, 5.41) is 3.91. The number of carbonyl (C=O) groups excluding carboxylic acids is 1. The molecule has 1 aromatic heterocycles. The Morgan fingerprint density at radius 3 is 2.75 bits per heavy atom. The number of hydrogen-bond acceptors (Lipinski definition) is 5. The molecule has 1 heterocycles. The van der Waals surface area contributed by atoms with E-state index in [1.165, 1.54) is 6.20 Å². The number of rotatable bonds is 5. The van der Waals surface area contributed by atoms with E-state index in [-0.39, 0.29) is 5.97 Å². The normalized spacial score (nSPS) is 10.3. The van der Waals surface area contributed by atoms with Crippen molar-refractivity contribution in [3.05, 3.63) is 30.0 Å². The van der Waals surface area contributed by atoms with Gasteiger partial charge < -0.3 is 14.8 Å². The van der Waals surface area contributed by atoms with Gasteiger partial charge in [-0.1, -0.05) is 0 Å². The predicted octanol–water partition coefficient (Wildman–Crippen LogP) is 2.85. The Labute approximate surface area is 117 Å². The maximum atomic E-state index is 11.9. The van der Waals surface area contributed by atoms with Gasteiger partial charge in [-0.25, -0.2) is 4.79 Å². The molecule has 0 aliphatic carbocycles. The number of benzene rings is 1. The van der Waals surface area contributed by atoms with Crippen LogP contribution in [0.3, 0.4) is 0 Å². The smallest absolute Gasteiger partial charge is 0.341 e. The molecule has 0 radical (unpaired) electrons. The number of hydrogen-bond donors (Lipinski definition) is 1. The Morgan fingerprint density at radius 2 is 2.10 bits per heavy atom. The molecule has 0 amide bonds. The minimum Gasteiger partial charge on any atom is -0.494 e. The number of fused-ring (bicyclic) bond motifs is 1. The summed E-state index contributed by atoms with van der Waals surface area (Å²) in [6, 6.07) is 5.61. The lowest BCUT2D eigenvalue weighted by Crippen LogP contribution is -2.09. The van der Waals surface area contributed by atoms with E-state index in [2.05, 4.69) is 10.3 Å². The minimum absolute atomic E-state index is 0.337. The number of pyridine rings is 1. The summed E-state index contributed by atoms with van der Waals surface area (Å²) in [7, 11) is 1.77. The molecular formula is C15H18N2O3. The molecule has 0 bridgehead atoms. The SMILES string of the molecule is CCOC(=O)c1cnc2cc(OCC)ccc2c1NC. The van der Waals surface area contributed by atoms with Gasteiger partial charge in [0.15, 0.2) is 0 Å². The highest BCUT2D eigenvalue weighted by Crippen LogP contribution is 2.28. The van der Waals surface area contributed by atoms with Crippen LogP contribution in [0, 0.1) is 0 Å². The third-order valence-electron chi connectivity index (χ3n) is 2.90. The van der Waals surface area contributed by atoms with Crippen LogP contribution in [0.15, 0.2) is 24.4 Å². The van der Waals surface area contributed by atoms with Crippen molar-refractivity contribution in [1.82, 2.24) is 4.98 Å². The average Bonchev–Trinajstić information content (AvgIpc) is 2.46. The fraction of sp³-hybridized carbons (Fsp3) is 0.333. The van der Waals surface area contributed by atoms with Gasteiger partial charge in [-0.2, -0.15) is 0 Å². The van der Waals surface area contributed by atoms with Crippen LogP contribution in [-0.2, 0) is 4.74 Å². The quantitative estimate of drug-likeness (QED) is 0.849. The van der Waals surface area contributed by atoms with Crippen molar-refractivity contribution in [2.75, 3.05) is 25.6 Å². The lowest BCUT2D eigenvalue weighted by molar-refractivity contribution is 0.0527. The number of ether oxygens (including phenoxy) is 2. The number of nitrogens with one attached hydrogen (secondary N) is 1. The highest BCUT2D eigenvalue weighted by molar-refractivity contribution is 6.05. The molecule has 0 saturated carbocycles. The first-order valence-corrected chi connectivity index (χ1v) is 6.61. The zero-order valence-electron chi connectivity index (χ0n) is 11.9. The molecule has 0 atom stereocenters. The van der Waals surface area contributed by atoms with Crippen molar-refractivity contribution in [1.29, 1.82) is 0 Å². The van der Waals surface area contributed by atoms with Crippen LogP contribution in [0.5, 0.6) is 5.75 Å². The molecule has 1 aromatic carbocycles. The van der Waals surface area contributed by atoms with Gasteiger partial charge in [0, 0.05) is 24.7 Å². The average molecular weight is 274 g/mol. The third kappa shape index (κ3) is 2.66. The standard InChI is InChI=1S/C15H18N2O3/c1-4-19-10-6-7-11-13(8-10)17-9-12(14(11)16-3)15(18)20-5-2/h6-9H,4-5H2,1-3H3,(H,16,17). The highest BCUT2D eigenvalue weighted by Gasteiger charge is 2.15. The Kier molecular flexibility index (Phi) is 4.40. The summed E-state index contributed by atoms with van der Waals surface area (Å²) in [5.74, 6) is 0.388. The molecule has 2 rings (SSSR count). The number of anilines is 1. The van der Waals surface area contributed by atoms with Crippen LogP contribution >= 0.6 is 0 Å². The lowest BCUT2D eigenvalue weighted by Gasteiger charge is -2.12. The van der Waals surface area contributed by atoms with Crippen LogP contribution in [0.25, 0.3) is 10.9 Å². The van der Waals surface area contributed by atoms with E-state index >= 15 is 0 Å². The minimum atomic E-state index is -0.375. The van der Waals surface area contributed by atoms with E-state index in [1.54, 1.807) is 14.0 Å². The summed E-state index contributed by atoms with van der Waals surface area (Å²) in [6.07, 6.45) is 1.53. The molecule has 0 fully saturated rings. The van der Waals surface area contributed by atoms with Crippen LogP contribution in [0.4, 0.5) is 5.69 Å². The molecule has 0 unspecified atom stereocenters. The highest BCUT2D eigenvalue weighted by atomic mass is 16.5. The van der Waals surface area contributed by atoms with Gasteiger partial charge in [-0.3, -0.25) is 4.98 Å². The summed E-state index contributed by atoms with van der Waals surface area (Å²) < 4.78 is 10.5. The second-order valence-corrected chi connectivity index (χ2v) is 4.13. The van der Waals surface area contributed by atoms with Crippen molar-refractivity contribution in [3.63, 3.8) is 0 Å². The van der Waals surface area contributed by atoms with Gasteiger partial charge in [0.25, 0.3) is 0 Å². The van der Waals surface area contributed by atoms with Crippen molar-refractivity contribution in [3.8, 4) is 5.75 Å². The van der Waals surface area contributed by atoms with E-state index in [9.17, 15) is 4.79 Å². The first-order chi connectivity index (χ1) is 9.71. The fourth-order valence-corrected chi connectivity index (χ4v) is 2.06. The van der Waals surface area contributed by atoms with Crippen LogP contribution in [0.2, 0.25) is 0 Å². The Balaban J connectivity index is 2.53. The van der Waals surface area contributed by atoms with Crippen molar-refractivity contribution in [2.45, 2.75) is 13.8 Å². The molecule has 20 heavy (non-hydrogen) atoms. The topological polar surface area (TPSA) is 60.5 Å². The van der Waals surface area contributed by atoms with Crippen LogP contribution in [0.1, 0.15) is 24.2 Å². The van der Waals surface area contributed by atoms with E-state index in [0.717, 1.165) is 22.3 Å². The van der Waals surface area contributed by atoms with Crippen molar-refractivity contribution in [2.24, 2.45) is 0 Å². The van der Waals surface area contributed by atoms with E-state index in [0.29, 0.717) is 18.8 Å². The van der Waals surface area contributed by atoms with Gasteiger partial charge in [0.05, 0.1) is 24.4 Å². The van der Waals surface area contributed by atoms with Crippen LogP contribution in [-0.4, -0.2) is 31.2 Å². The molecule has 0 aliphatic heterocycles. The monoisotopic (exact) mass is 274 g/mol. The number of nitrogens with zero attached hydrogens (tertiary/aromatic N) is 1. The second-order valence-electron chi connectivity index (χ2n) is 4.13. The van der Waals surface area contributed by atoms with Gasteiger partial charge >= 0.3 is 5.97 Å². The molecule has 106 valence electrons.